The third-order valence-electron chi connectivity index (χ3n) is 12.6. The molecule has 0 amide bonds. The Morgan fingerprint density at radius 1 is 0.576 bits per heavy atom. The quantitative estimate of drug-likeness (QED) is 0.149. The van der Waals surface area contributed by atoms with Crippen LogP contribution in [-0.2, 0) is 31.9 Å². The minimum Gasteiger partial charge on any atom is -0.509 e. The van der Waals surface area contributed by atoms with E-state index in [0.29, 0.717) is 11.5 Å². The summed E-state index contributed by atoms with van der Waals surface area (Å²) in [4.78, 5) is 13.9. The van der Waals surface area contributed by atoms with Crippen LogP contribution in [0.4, 0.5) is 22.7 Å². The molecule has 9 aromatic rings. The average molecular weight is 1040 g/mol. The molecule has 1 aliphatic rings. The fraction of sp³-hybridized carbons (Fsp3) is 0.203. The molecule has 6 aromatic carbocycles. The first-order valence-corrected chi connectivity index (χ1v) is 22.4. The topological polar surface area (TPSA) is 46.4 Å². The van der Waals surface area contributed by atoms with Gasteiger partial charge in [-0.25, -0.2) is 4.98 Å². The second-order valence-corrected chi connectivity index (χ2v) is 19.7. The van der Waals surface area contributed by atoms with Gasteiger partial charge in [0.1, 0.15) is 5.82 Å². The van der Waals surface area contributed by atoms with Crippen molar-refractivity contribution < 1.29 is 25.8 Å². The molecule has 7 heteroatoms. The summed E-state index contributed by atoms with van der Waals surface area (Å²) in [5.74, 6) is 2.02. The van der Waals surface area contributed by atoms with Crippen LogP contribution in [0, 0.1) is 46.5 Å². The Balaban J connectivity index is 0.00000548. The van der Waals surface area contributed by atoms with Crippen molar-refractivity contribution in [2.24, 2.45) is 0 Å². The van der Waals surface area contributed by atoms with Crippen molar-refractivity contribution in [1.29, 1.82) is 0 Å². The summed E-state index contributed by atoms with van der Waals surface area (Å²) in [5.41, 5.74) is 18.0. The van der Waals surface area contributed by atoms with Crippen molar-refractivity contribution in [3.05, 3.63) is 192 Å². The van der Waals surface area contributed by atoms with Gasteiger partial charge in [0.25, 0.3) is 0 Å². The molecule has 0 bridgehead atoms. The number of hydrogen-bond acceptors (Lipinski definition) is 5. The summed E-state index contributed by atoms with van der Waals surface area (Å²) in [6.45, 7) is 24.3. The minimum atomic E-state index is -0.0415. The van der Waals surface area contributed by atoms with E-state index in [4.69, 9.17) is 9.72 Å². The molecule has 6 nitrogen and oxygen atoms in total. The van der Waals surface area contributed by atoms with Gasteiger partial charge in [0.2, 0.25) is 0 Å². The van der Waals surface area contributed by atoms with Crippen LogP contribution in [0.15, 0.2) is 140 Å². The standard InChI is InChI=1S/C59H54N5O.Pt/c1-37-25-38(2)27-41(26-37)42-28-43(57-39(3)13-11-14-40(57)4)30-47(29-42)63-36-62(55-35-60-23-22-52(55)63)46-15-12-16-48(33-46)65-49-18-20-51-50-19-17-44(58(5,6)7)31-53(50)64(54(51)34-49)56-32-45(21-24-61-56)59(8,9)10;/h11-32,35-36H,1-10H3;/q-3;. The van der Waals surface area contributed by atoms with Crippen molar-refractivity contribution >= 4 is 44.6 Å². The van der Waals surface area contributed by atoms with Crippen LogP contribution in [0.3, 0.4) is 0 Å². The normalized spacial score (nSPS) is 12.8. The van der Waals surface area contributed by atoms with Gasteiger partial charge < -0.3 is 19.1 Å². The van der Waals surface area contributed by atoms with E-state index in [1.54, 1.807) is 0 Å². The Kier molecular flexibility index (Phi) is 11.6. The molecule has 0 aliphatic carbocycles. The molecule has 0 spiro atoms. The summed E-state index contributed by atoms with van der Waals surface area (Å²) in [6.07, 6.45) is 5.69. The summed E-state index contributed by atoms with van der Waals surface area (Å²) < 4.78 is 8.92. The van der Waals surface area contributed by atoms with Crippen LogP contribution in [0.1, 0.15) is 74.9 Å². The molecule has 4 heterocycles. The van der Waals surface area contributed by atoms with Crippen molar-refractivity contribution in [1.82, 2.24) is 14.5 Å². The van der Waals surface area contributed by atoms with Gasteiger partial charge in [0.05, 0.1) is 5.69 Å². The summed E-state index contributed by atoms with van der Waals surface area (Å²) in [6, 6.07) is 50.8. The van der Waals surface area contributed by atoms with Crippen LogP contribution >= 0.6 is 0 Å². The number of nitrogens with zero attached hydrogens (tertiary/aromatic N) is 5. The van der Waals surface area contributed by atoms with E-state index in [0.717, 1.165) is 55.9 Å². The first-order valence-electron chi connectivity index (χ1n) is 22.4. The number of pyridine rings is 2. The van der Waals surface area contributed by atoms with Crippen molar-refractivity contribution in [2.45, 2.75) is 80.1 Å². The predicted octanol–water partition coefficient (Wildman–Crippen LogP) is 15.5. The molecule has 3 aromatic heterocycles. The second kappa shape index (κ2) is 17.1. The first-order chi connectivity index (χ1) is 31.1. The van der Waals surface area contributed by atoms with Crippen LogP contribution in [0.2, 0.25) is 0 Å². The van der Waals surface area contributed by atoms with Crippen LogP contribution < -0.4 is 14.5 Å². The molecular formula is C59H54N5OPt-3. The monoisotopic (exact) mass is 1040 g/mol. The van der Waals surface area contributed by atoms with Gasteiger partial charge in [0.15, 0.2) is 0 Å². The first kappa shape index (κ1) is 44.7. The zero-order chi connectivity index (χ0) is 45.4. The van der Waals surface area contributed by atoms with Crippen molar-refractivity contribution in [3.63, 3.8) is 0 Å². The SMILES string of the molecule is Cc1cc(C)cc(-c2cc(-c3c(C)cccc3C)cc(N3[CH-]N(c4[c-]c(Oc5[c-]c6c(cc5)c5ccc(C(C)(C)C)cc5n6-c5cc(C(C)(C)C)ccn5)ccc4)c4cnccc43)c2)c1.[Pt]. The van der Waals surface area contributed by atoms with Gasteiger partial charge in [-0.05, 0) is 131 Å². The van der Waals surface area contributed by atoms with Gasteiger partial charge in [0, 0.05) is 68.0 Å². The van der Waals surface area contributed by atoms with Crippen LogP contribution in [0.5, 0.6) is 11.5 Å². The predicted molar refractivity (Wildman–Crippen MR) is 269 cm³/mol. The molecule has 0 saturated heterocycles. The molecule has 0 N–H and O–H groups in total. The third-order valence-corrected chi connectivity index (χ3v) is 12.6. The molecule has 0 unspecified atom stereocenters. The third kappa shape index (κ3) is 8.33. The zero-order valence-corrected chi connectivity index (χ0v) is 41.6. The number of anilines is 4. The van der Waals surface area contributed by atoms with E-state index in [9.17, 15) is 0 Å². The molecule has 0 radical (unpaired) electrons. The van der Waals surface area contributed by atoms with Crippen molar-refractivity contribution in [2.75, 3.05) is 9.80 Å². The second-order valence-electron chi connectivity index (χ2n) is 19.7. The molecule has 0 saturated carbocycles. The van der Waals surface area contributed by atoms with Gasteiger partial charge in [-0.1, -0.05) is 107 Å². The van der Waals surface area contributed by atoms with Crippen molar-refractivity contribution in [3.8, 4) is 39.6 Å². The number of hydrogen-bond donors (Lipinski definition) is 0. The Hall–Kier alpha value is -6.49. The van der Waals surface area contributed by atoms with E-state index < -0.39 is 0 Å². The van der Waals surface area contributed by atoms with Gasteiger partial charge in [-0.3, -0.25) is 4.98 Å². The van der Waals surface area contributed by atoms with E-state index in [-0.39, 0.29) is 31.9 Å². The molecule has 10 rings (SSSR count). The smallest absolute Gasteiger partial charge is 0.135 e. The number of ether oxygens (including phenoxy) is 1. The molecule has 1 aliphatic heterocycles. The van der Waals surface area contributed by atoms with Crippen LogP contribution in [0.25, 0.3) is 49.9 Å². The maximum absolute atomic E-state index is 6.69. The van der Waals surface area contributed by atoms with E-state index in [1.165, 1.54) is 50.1 Å². The number of aryl methyl sites for hydroxylation is 4. The Labute approximate surface area is 404 Å². The number of fused-ring (bicyclic) bond motifs is 4. The van der Waals surface area contributed by atoms with Gasteiger partial charge in [-0.2, -0.15) is 12.1 Å². The van der Waals surface area contributed by atoms with E-state index in [1.807, 2.05) is 36.8 Å². The minimum absolute atomic E-state index is 0. The average Bonchev–Trinajstić information content (AvgIpc) is 3.81. The molecule has 334 valence electrons. The Bertz CT molecular complexity index is 3280. The van der Waals surface area contributed by atoms with E-state index in [2.05, 4.69) is 211 Å². The number of aromatic nitrogens is 3. The Morgan fingerprint density at radius 2 is 1.24 bits per heavy atom. The maximum Gasteiger partial charge on any atom is 0.135 e. The fourth-order valence-corrected chi connectivity index (χ4v) is 9.33. The van der Waals surface area contributed by atoms with Gasteiger partial charge in [-0.15, -0.1) is 48.1 Å². The van der Waals surface area contributed by atoms with Gasteiger partial charge >= 0.3 is 0 Å². The maximum atomic E-state index is 6.69. The fourth-order valence-electron chi connectivity index (χ4n) is 9.33. The molecular weight excluding hydrogens is 990 g/mol. The largest absolute Gasteiger partial charge is 0.509 e. The van der Waals surface area contributed by atoms with E-state index >= 15 is 0 Å². The summed E-state index contributed by atoms with van der Waals surface area (Å²) in [5, 5.41) is 2.24. The van der Waals surface area contributed by atoms with Crippen LogP contribution in [-0.4, -0.2) is 14.5 Å². The molecule has 0 atom stereocenters. The molecule has 66 heavy (non-hydrogen) atoms. The Morgan fingerprint density at radius 3 is 1.98 bits per heavy atom. The molecule has 0 fully saturated rings. The number of rotatable bonds is 7. The summed E-state index contributed by atoms with van der Waals surface area (Å²) >= 11 is 0. The zero-order valence-electron chi connectivity index (χ0n) is 39.3. The number of benzene rings is 6. The summed E-state index contributed by atoms with van der Waals surface area (Å²) in [7, 11) is 0.